The second kappa shape index (κ2) is 22.7. The molecule has 0 N–H and O–H groups in total. The molecular weight excluding hydrogens is 1210 g/mol. The van der Waals surface area contributed by atoms with E-state index in [4.69, 9.17) is 0 Å². The van der Waals surface area contributed by atoms with E-state index in [0.29, 0.717) is 0 Å². The summed E-state index contributed by atoms with van der Waals surface area (Å²) >= 11 is 7.46. The molecule has 0 saturated heterocycles. The molecule has 0 aliphatic rings. The molecular formula is C88H60N2S4. The normalized spacial score (nSPS) is 11.8. The largest absolute Gasteiger partial charge is 0.309 e. The lowest BCUT2D eigenvalue weighted by atomic mass is 9.94. The van der Waals surface area contributed by atoms with E-state index in [2.05, 4.69) is 329 Å². The van der Waals surface area contributed by atoms with Crippen molar-refractivity contribution in [2.45, 2.75) is 27.7 Å². The highest BCUT2D eigenvalue weighted by atomic mass is 32.1. The fourth-order valence-electron chi connectivity index (χ4n) is 14.5. The number of hydrogen-bond donors (Lipinski definition) is 0. The fourth-order valence-corrected chi connectivity index (χ4v) is 18.9. The Kier molecular flexibility index (Phi) is 13.6. The number of hydrogen-bond acceptors (Lipinski definition) is 6. The van der Waals surface area contributed by atoms with Gasteiger partial charge >= 0.3 is 0 Å². The first-order valence-corrected chi connectivity index (χ1v) is 35.4. The molecule has 0 bridgehead atoms. The van der Waals surface area contributed by atoms with E-state index in [1.54, 1.807) is 0 Å². The summed E-state index contributed by atoms with van der Waals surface area (Å²) in [6.45, 7) is 9.10. The first-order valence-electron chi connectivity index (χ1n) is 32.1. The van der Waals surface area contributed by atoms with Gasteiger partial charge in [0.2, 0.25) is 0 Å². The fraction of sp³-hybridized carbons (Fsp3) is 0.0455. The van der Waals surface area contributed by atoms with Gasteiger partial charge in [-0.1, -0.05) is 170 Å². The lowest BCUT2D eigenvalue weighted by molar-refractivity contribution is 1.22. The van der Waals surface area contributed by atoms with Crippen LogP contribution in [0.25, 0.3) is 136 Å². The number of thiophene rings is 4. The van der Waals surface area contributed by atoms with Crippen molar-refractivity contribution in [2.75, 3.05) is 9.80 Å². The van der Waals surface area contributed by atoms with E-state index >= 15 is 0 Å². The molecule has 14 aromatic carbocycles. The second-order valence-corrected chi connectivity index (χ2v) is 29.3. The maximum atomic E-state index is 2.51. The molecule has 4 aromatic heterocycles. The third kappa shape index (κ3) is 9.54. The average molecular weight is 1270 g/mol. The van der Waals surface area contributed by atoms with Gasteiger partial charge in [0.15, 0.2) is 0 Å². The summed E-state index contributed by atoms with van der Waals surface area (Å²) in [6.07, 6.45) is 0. The van der Waals surface area contributed by atoms with Crippen LogP contribution < -0.4 is 9.80 Å². The van der Waals surface area contributed by atoms with Crippen LogP contribution in [-0.4, -0.2) is 0 Å². The quantitative estimate of drug-likeness (QED) is 0.127. The molecule has 0 radical (unpaired) electrons. The monoisotopic (exact) mass is 1270 g/mol. The molecule has 2 nitrogen and oxygen atoms in total. The topological polar surface area (TPSA) is 6.48 Å². The number of fused-ring (bicyclic) bond motifs is 12. The lowest BCUT2D eigenvalue weighted by Gasteiger charge is -2.31. The number of benzene rings is 14. The molecule has 0 aliphatic carbocycles. The molecule has 94 heavy (non-hydrogen) atoms. The third-order valence-corrected chi connectivity index (χ3v) is 23.8. The van der Waals surface area contributed by atoms with Crippen molar-refractivity contribution in [3.8, 4) is 55.6 Å². The molecule has 18 rings (SSSR count). The molecule has 0 amide bonds. The van der Waals surface area contributed by atoms with Crippen LogP contribution in [0, 0.1) is 27.7 Å². The van der Waals surface area contributed by atoms with E-state index in [1.807, 2.05) is 45.3 Å². The van der Waals surface area contributed by atoms with Crippen LogP contribution >= 0.6 is 45.3 Å². The van der Waals surface area contributed by atoms with Gasteiger partial charge in [0, 0.05) is 115 Å². The third-order valence-electron chi connectivity index (χ3n) is 19.2. The lowest BCUT2D eigenvalue weighted by Crippen LogP contribution is -2.14. The van der Waals surface area contributed by atoms with Crippen molar-refractivity contribution >= 4 is 160 Å². The summed E-state index contributed by atoms with van der Waals surface area (Å²) in [7, 11) is 0. The van der Waals surface area contributed by atoms with Crippen molar-refractivity contribution in [3.05, 3.63) is 313 Å². The number of rotatable bonds is 11. The van der Waals surface area contributed by atoms with Crippen molar-refractivity contribution in [1.29, 1.82) is 0 Å². The Labute approximate surface area is 562 Å². The summed E-state index contributed by atoms with van der Waals surface area (Å²) in [4.78, 5) is 5.02. The van der Waals surface area contributed by atoms with Crippen LogP contribution in [-0.2, 0) is 0 Å². The van der Waals surface area contributed by atoms with E-state index < -0.39 is 0 Å². The first-order chi connectivity index (χ1) is 46.2. The Morgan fingerprint density at radius 3 is 0.819 bits per heavy atom. The SMILES string of the molecule is Cc1cc(-c2ccc(N(c3ccc(-c4ccc5sc6ccccc6c5c4)cc3)c3c(C)cccc3-c3ccc4sc5ccccc5c4c3)c(C)c2)ccc1N(c1ccc(-c2ccc3sc4ccccc4c3c2)cc1)c1c(C)cccc1-c1ccc2sc3ccccc3c2c1. The summed E-state index contributed by atoms with van der Waals surface area (Å²) in [5, 5.41) is 10.4. The number of nitrogens with zero attached hydrogens (tertiary/aromatic N) is 2. The van der Waals surface area contributed by atoms with E-state index in [0.717, 1.165) is 22.7 Å². The zero-order chi connectivity index (χ0) is 62.7. The van der Waals surface area contributed by atoms with Gasteiger partial charge in [0.1, 0.15) is 0 Å². The van der Waals surface area contributed by atoms with Gasteiger partial charge in [-0.15, -0.1) is 45.3 Å². The van der Waals surface area contributed by atoms with Crippen LogP contribution in [0.5, 0.6) is 0 Å². The van der Waals surface area contributed by atoms with Crippen LogP contribution in [0.2, 0.25) is 0 Å². The Balaban J connectivity index is 0.750. The molecule has 4 heterocycles. The Morgan fingerprint density at radius 2 is 0.479 bits per heavy atom. The molecule has 0 unspecified atom stereocenters. The van der Waals surface area contributed by atoms with E-state index in [1.165, 1.54) is 170 Å². The summed E-state index contributed by atoms with van der Waals surface area (Å²) < 4.78 is 10.5. The van der Waals surface area contributed by atoms with Crippen molar-refractivity contribution in [2.24, 2.45) is 0 Å². The predicted molar refractivity (Wildman–Crippen MR) is 413 cm³/mol. The molecule has 0 saturated carbocycles. The van der Waals surface area contributed by atoms with Crippen molar-refractivity contribution in [3.63, 3.8) is 0 Å². The molecule has 18 aromatic rings. The first kappa shape index (κ1) is 56.3. The minimum absolute atomic E-state index is 1.10. The van der Waals surface area contributed by atoms with Gasteiger partial charge in [-0.05, 0) is 216 Å². The number of para-hydroxylation sites is 2. The summed E-state index contributed by atoms with van der Waals surface area (Å²) in [5.74, 6) is 0. The van der Waals surface area contributed by atoms with Crippen LogP contribution in [0.15, 0.2) is 291 Å². The highest BCUT2D eigenvalue weighted by Gasteiger charge is 2.25. The maximum absolute atomic E-state index is 2.51. The molecule has 0 atom stereocenters. The van der Waals surface area contributed by atoms with Gasteiger partial charge in [-0.3, -0.25) is 0 Å². The minimum Gasteiger partial charge on any atom is -0.309 e. The second-order valence-electron chi connectivity index (χ2n) is 24.9. The smallest absolute Gasteiger partial charge is 0.0569 e. The highest BCUT2D eigenvalue weighted by Crippen LogP contribution is 2.50. The average Bonchev–Trinajstić information content (AvgIpc) is 0.903. The Morgan fingerprint density at radius 1 is 0.202 bits per heavy atom. The zero-order valence-electron chi connectivity index (χ0n) is 52.2. The molecule has 446 valence electrons. The number of aryl methyl sites for hydroxylation is 4. The maximum Gasteiger partial charge on any atom is 0.0569 e. The molecule has 0 spiro atoms. The standard InChI is InChI=1S/C88H60N2S4/c1-53-15-13-21-67(63-35-45-85-75(51-63)71-19-7-11-25-81(71)93-85)87(53)89(65-37-27-57(28-38-65)61-33-43-83-73(49-61)69-17-5-9-23-79(69)91-83)77-41-31-59(47-55(77)3)60-32-42-78(56(4)48-60)90(66-39-29-58(30-40-66)62-34-44-84-74(50-62)70-18-6-10-24-80(70)92-84)88-54(2)16-14-22-68(88)64-36-46-86-76(52-64)72-20-8-12-26-82(72)94-86/h5-52H,1-4H3. The minimum atomic E-state index is 1.10. The van der Waals surface area contributed by atoms with Gasteiger partial charge in [0.05, 0.1) is 11.4 Å². The van der Waals surface area contributed by atoms with Crippen molar-refractivity contribution in [1.82, 2.24) is 0 Å². The van der Waals surface area contributed by atoms with Gasteiger partial charge in [-0.2, -0.15) is 0 Å². The van der Waals surface area contributed by atoms with Crippen LogP contribution in [0.1, 0.15) is 22.3 Å². The van der Waals surface area contributed by atoms with E-state index in [-0.39, 0.29) is 0 Å². The van der Waals surface area contributed by atoms with Gasteiger partial charge in [-0.25, -0.2) is 0 Å². The molecule has 0 aliphatic heterocycles. The summed E-state index contributed by atoms with van der Waals surface area (Å²) in [6, 6.07) is 109. The highest BCUT2D eigenvalue weighted by molar-refractivity contribution is 7.27. The van der Waals surface area contributed by atoms with Crippen molar-refractivity contribution < 1.29 is 0 Å². The Bertz CT molecular complexity index is 5680. The zero-order valence-corrected chi connectivity index (χ0v) is 55.5. The van der Waals surface area contributed by atoms with Crippen LogP contribution in [0.4, 0.5) is 34.1 Å². The summed E-state index contributed by atoms with van der Waals surface area (Å²) in [5.41, 5.74) is 23.5. The predicted octanol–water partition coefficient (Wildman–Crippen LogP) is 27.7. The Hall–Kier alpha value is -10.4. The van der Waals surface area contributed by atoms with E-state index in [9.17, 15) is 0 Å². The van der Waals surface area contributed by atoms with Gasteiger partial charge in [0.25, 0.3) is 0 Å². The number of anilines is 6. The van der Waals surface area contributed by atoms with Gasteiger partial charge < -0.3 is 9.80 Å². The molecule has 0 fully saturated rings. The molecule has 6 heteroatoms. The van der Waals surface area contributed by atoms with Crippen LogP contribution in [0.3, 0.4) is 0 Å².